The fourth-order valence-electron chi connectivity index (χ4n) is 1.07. The molecule has 1 rings (SSSR count). The van der Waals surface area contributed by atoms with Crippen LogP contribution in [0.1, 0.15) is 5.69 Å². The molecule has 70 valence electrons. The first kappa shape index (κ1) is 10.2. The SMILES string of the molecule is [C-]#[N+]c1c(Br)c(CN(C)C)nn1C. The van der Waals surface area contributed by atoms with E-state index in [1.165, 1.54) is 0 Å². The third-order valence-corrected chi connectivity index (χ3v) is 2.41. The first-order valence-corrected chi connectivity index (χ1v) is 4.59. The third kappa shape index (κ3) is 2.08. The summed E-state index contributed by atoms with van der Waals surface area (Å²) in [5, 5.41) is 4.24. The summed E-state index contributed by atoms with van der Waals surface area (Å²) in [5.74, 6) is 0.553. The molecule has 0 amide bonds. The van der Waals surface area contributed by atoms with Crippen LogP contribution in [-0.4, -0.2) is 28.8 Å². The second-order valence-electron chi connectivity index (χ2n) is 3.06. The number of nitrogens with zero attached hydrogens (tertiary/aromatic N) is 4. The Morgan fingerprint density at radius 3 is 2.62 bits per heavy atom. The van der Waals surface area contributed by atoms with Gasteiger partial charge in [-0.1, -0.05) is 22.5 Å². The Hall–Kier alpha value is -0.860. The third-order valence-electron chi connectivity index (χ3n) is 1.60. The van der Waals surface area contributed by atoms with Crippen LogP contribution in [0.3, 0.4) is 0 Å². The minimum absolute atomic E-state index is 0.553. The zero-order chi connectivity index (χ0) is 10.0. The van der Waals surface area contributed by atoms with Crippen molar-refractivity contribution in [3.8, 4) is 0 Å². The van der Waals surface area contributed by atoms with Crippen molar-refractivity contribution in [2.75, 3.05) is 14.1 Å². The quantitative estimate of drug-likeness (QED) is 0.740. The Morgan fingerprint density at radius 1 is 1.62 bits per heavy atom. The summed E-state index contributed by atoms with van der Waals surface area (Å²) in [7, 11) is 5.72. The lowest BCUT2D eigenvalue weighted by Gasteiger charge is -2.05. The van der Waals surface area contributed by atoms with Crippen LogP contribution in [0.15, 0.2) is 4.47 Å². The van der Waals surface area contributed by atoms with E-state index in [2.05, 4.69) is 25.9 Å². The molecule has 13 heavy (non-hydrogen) atoms. The Labute approximate surface area is 86.1 Å². The Kier molecular flexibility index (Phi) is 3.07. The van der Waals surface area contributed by atoms with Crippen molar-refractivity contribution in [3.63, 3.8) is 0 Å². The maximum Gasteiger partial charge on any atom is 0.266 e. The molecule has 0 aliphatic heterocycles. The lowest BCUT2D eigenvalue weighted by molar-refractivity contribution is 0.394. The maximum absolute atomic E-state index is 6.94. The molecule has 0 radical (unpaired) electrons. The minimum Gasteiger partial charge on any atom is -0.361 e. The van der Waals surface area contributed by atoms with Gasteiger partial charge in [-0.15, -0.1) is 5.10 Å². The van der Waals surface area contributed by atoms with E-state index in [0.29, 0.717) is 5.82 Å². The van der Waals surface area contributed by atoms with Crippen molar-refractivity contribution in [1.29, 1.82) is 0 Å². The molecule has 0 aliphatic carbocycles. The fourth-order valence-corrected chi connectivity index (χ4v) is 1.62. The Balaban J connectivity index is 3.05. The number of aromatic nitrogens is 2. The van der Waals surface area contributed by atoms with Gasteiger partial charge in [0.25, 0.3) is 5.82 Å². The van der Waals surface area contributed by atoms with E-state index in [1.807, 2.05) is 19.0 Å². The van der Waals surface area contributed by atoms with Gasteiger partial charge in [-0.25, -0.2) is 0 Å². The normalized spacial score (nSPS) is 10.5. The van der Waals surface area contributed by atoms with E-state index < -0.39 is 0 Å². The lowest BCUT2D eigenvalue weighted by atomic mass is 10.4. The van der Waals surface area contributed by atoms with Gasteiger partial charge >= 0.3 is 0 Å². The summed E-state index contributed by atoms with van der Waals surface area (Å²) in [5.41, 5.74) is 0.901. The number of hydrogen-bond acceptors (Lipinski definition) is 2. The highest BCUT2D eigenvalue weighted by Crippen LogP contribution is 2.28. The van der Waals surface area contributed by atoms with Gasteiger partial charge in [-0.3, -0.25) is 0 Å². The first-order valence-electron chi connectivity index (χ1n) is 3.79. The molecule has 0 atom stereocenters. The van der Waals surface area contributed by atoms with Gasteiger partial charge in [0.1, 0.15) is 5.69 Å². The average molecular weight is 243 g/mol. The Bertz CT molecular complexity index is 348. The molecule has 0 saturated heterocycles. The van der Waals surface area contributed by atoms with Crippen LogP contribution < -0.4 is 0 Å². The van der Waals surface area contributed by atoms with Gasteiger partial charge in [0.05, 0.1) is 11.5 Å². The van der Waals surface area contributed by atoms with Gasteiger partial charge in [0, 0.05) is 6.54 Å². The molecule has 0 saturated carbocycles. The van der Waals surface area contributed by atoms with Gasteiger partial charge < -0.3 is 9.74 Å². The second-order valence-corrected chi connectivity index (χ2v) is 3.85. The largest absolute Gasteiger partial charge is 0.361 e. The topological polar surface area (TPSA) is 25.4 Å². The van der Waals surface area contributed by atoms with E-state index in [1.54, 1.807) is 11.7 Å². The van der Waals surface area contributed by atoms with Crippen molar-refractivity contribution in [2.45, 2.75) is 6.54 Å². The van der Waals surface area contributed by atoms with Crippen LogP contribution in [0.25, 0.3) is 4.85 Å². The summed E-state index contributed by atoms with van der Waals surface area (Å²) >= 11 is 3.37. The molecule has 0 N–H and O–H groups in total. The predicted molar refractivity (Wildman–Crippen MR) is 54.6 cm³/mol. The van der Waals surface area contributed by atoms with Gasteiger partial charge in [-0.05, 0) is 14.1 Å². The smallest absolute Gasteiger partial charge is 0.266 e. The first-order chi connectivity index (χ1) is 6.06. The number of halogens is 1. The van der Waals surface area contributed by atoms with Gasteiger partial charge in [0.15, 0.2) is 0 Å². The summed E-state index contributed by atoms with van der Waals surface area (Å²) < 4.78 is 2.40. The van der Waals surface area contributed by atoms with Crippen molar-refractivity contribution >= 4 is 21.7 Å². The van der Waals surface area contributed by atoms with Crippen LogP contribution in [0.5, 0.6) is 0 Å². The van der Waals surface area contributed by atoms with E-state index in [-0.39, 0.29) is 0 Å². The molecule has 0 aromatic carbocycles. The van der Waals surface area contributed by atoms with E-state index in [4.69, 9.17) is 6.57 Å². The molecule has 1 aromatic heterocycles. The summed E-state index contributed by atoms with van der Waals surface area (Å²) in [6.45, 7) is 7.68. The summed E-state index contributed by atoms with van der Waals surface area (Å²) in [6, 6.07) is 0. The molecule has 0 bridgehead atoms. The molecule has 0 unspecified atom stereocenters. The molecular weight excluding hydrogens is 232 g/mol. The van der Waals surface area contributed by atoms with E-state index >= 15 is 0 Å². The van der Waals surface area contributed by atoms with E-state index in [9.17, 15) is 0 Å². The standard InChI is InChI=1S/C8H11BrN4/c1-10-8-7(9)6(5-12(2)3)11-13(8)4/h5H2,2-4H3. The molecule has 5 heteroatoms. The number of aryl methyl sites for hydroxylation is 1. The zero-order valence-electron chi connectivity index (χ0n) is 7.87. The second kappa shape index (κ2) is 3.90. The molecule has 0 aliphatic rings. The fraction of sp³-hybridized carbons (Fsp3) is 0.500. The average Bonchev–Trinajstić information content (AvgIpc) is 2.26. The molecule has 0 spiro atoms. The zero-order valence-corrected chi connectivity index (χ0v) is 9.46. The maximum atomic E-state index is 6.94. The molecule has 1 aromatic rings. The number of hydrogen-bond donors (Lipinski definition) is 0. The summed E-state index contributed by atoms with van der Waals surface area (Å²) in [6.07, 6.45) is 0. The number of rotatable bonds is 2. The highest BCUT2D eigenvalue weighted by molar-refractivity contribution is 9.10. The van der Waals surface area contributed by atoms with Crippen LogP contribution >= 0.6 is 15.9 Å². The van der Waals surface area contributed by atoms with Gasteiger partial charge in [-0.2, -0.15) is 4.68 Å². The van der Waals surface area contributed by atoms with Crippen molar-refractivity contribution in [2.24, 2.45) is 7.05 Å². The highest BCUT2D eigenvalue weighted by Gasteiger charge is 2.14. The monoisotopic (exact) mass is 242 g/mol. The molecule has 1 heterocycles. The lowest BCUT2D eigenvalue weighted by Crippen LogP contribution is -2.11. The van der Waals surface area contributed by atoms with Crippen LogP contribution in [0, 0.1) is 6.57 Å². The molecule has 4 nitrogen and oxygen atoms in total. The molecule has 0 fully saturated rings. The van der Waals surface area contributed by atoms with Crippen LogP contribution in [0.2, 0.25) is 0 Å². The summed E-state index contributed by atoms with van der Waals surface area (Å²) in [4.78, 5) is 5.40. The molecular formula is C8H11BrN4. The van der Waals surface area contributed by atoms with Crippen molar-refractivity contribution in [1.82, 2.24) is 14.7 Å². The Morgan fingerprint density at radius 2 is 2.23 bits per heavy atom. The van der Waals surface area contributed by atoms with E-state index in [0.717, 1.165) is 16.7 Å². The minimum atomic E-state index is 0.553. The predicted octanol–water partition coefficient (Wildman–Crippen LogP) is 1.79. The van der Waals surface area contributed by atoms with Gasteiger partial charge in [0.2, 0.25) is 0 Å². The van der Waals surface area contributed by atoms with Crippen LogP contribution in [-0.2, 0) is 13.6 Å². The van der Waals surface area contributed by atoms with Crippen molar-refractivity contribution in [3.05, 3.63) is 21.6 Å². The van der Waals surface area contributed by atoms with Crippen LogP contribution in [0.4, 0.5) is 5.82 Å². The van der Waals surface area contributed by atoms with Crippen molar-refractivity contribution < 1.29 is 0 Å². The highest BCUT2D eigenvalue weighted by atomic mass is 79.9.